The van der Waals surface area contributed by atoms with Gasteiger partial charge < -0.3 is 10.6 Å². The standard InChI is InChI=1S/C12H19N3O3S/c1-10(16)15-12-6-3-2-5-11(12)9-14-7-4-8-19(13,17)18/h2-3,5-6,14H,4,7-9H2,1H3,(H,15,16)(H2,13,17,18). The molecular formula is C12H19N3O3S. The zero-order valence-corrected chi connectivity index (χ0v) is 11.7. The van der Waals surface area contributed by atoms with Crippen LogP contribution in [0.15, 0.2) is 24.3 Å². The van der Waals surface area contributed by atoms with Gasteiger partial charge in [-0.15, -0.1) is 0 Å². The number of sulfonamides is 1. The first kappa shape index (κ1) is 15.6. The van der Waals surface area contributed by atoms with Gasteiger partial charge in [0.1, 0.15) is 0 Å². The van der Waals surface area contributed by atoms with Crippen molar-refractivity contribution in [2.24, 2.45) is 5.14 Å². The molecule has 1 rings (SSSR count). The van der Waals surface area contributed by atoms with E-state index in [0.717, 1.165) is 11.3 Å². The van der Waals surface area contributed by atoms with Crippen molar-refractivity contribution in [3.63, 3.8) is 0 Å². The van der Waals surface area contributed by atoms with E-state index < -0.39 is 10.0 Å². The zero-order chi connectivity index (χ0) is 14.3. The Morgan fingerprint density at radius 3 is 2.63 bits per heavy atom. The van der Waals surface area contributed by atoms with E-state index in [1.807, 2.05) is 24.3 Å². The molecule has 0 unspecified atom stereocenters. The number of amides is 1. The highest BCUT2D eigenvalue weighted by Crippen LogP contribution is 2.14. The van der Waals surface area contributed by atoms with Gasteiger partial charge >= 0.3 is 0 Å². The average molecular weight is 285 g/mol. The van der Waals surface area contributed by atoms with Crippen LogP contribution in [0.3, 0.4) is 0 Å². The highest BCUT2D eigenvalue weighted by molar-refractivity contribution is 7.89. The molecule has 0 fully saturated rings. The number of hydrogen-bond acceptors (Lipinski definition) is 4. The van der Waals surface area contributed by atoms with E-state index in [-0.39, 0.29) is 11.7 Å². The topological polar surface area (TPSA) is 101 Å². The monoisotopic (exact) mass is 285 g/mol. The highest BCUT2D eigenvalue weighted by atomic mass is 32.2. The molecule has 6 nitrogen and oxygen atoms in total. The maximum Gasteiger partial charge on any atom is 0.221 e. The Hall–Kier alpha value is -1.44. The lowest BCUT2D eigenvalue weighted by molar-refractivity contribution is -0.114. The van der Waals surface area contributed by atoms with Gasteiger partial charge in [0.2, 0.25) is 15.9 Å². The molecule has 106 valence electrons. The number of primary sulfonamides is 1. The van der Waals surface area contributed by atoms with E-state index in [2.05, 4.69) is 10.6 Å². The number of anilines is 1. The maximum absolute atomic E-state index is 11.0. The summed E-state index contributed by atoms with van der Waals surface area (Å²) in [4.78, 5) is 11.0. The quantitative estimate of drug-likeness (QED) is 0.632. The van der Waals surface area contributed by atoms with Crippen molar-refractivity contribution >= 4 is 21.6 Å². The first-order chi connectivity index (χ1) is 8.88. The molecule has 19 heavy (non-hydrogen) atoms. The molecule has 0 heterocycles. The largest absolute Gasteiger partial charge is 0.326 e. The third kappa shape index (κ3) is 6.90. The van der Waals surface area contributed by atoms with Crippen molar-refractivity contribution in [2.75, 3.05) is 17.6 Å². The number of nitrogens with two attached hydrogens (primary N) is 1. The first-order valence-electron chi connectivity index (χ1n) is 5.95. The molecule has 0 radical (unpaired) electrons. The predicted molar refractivity (Wildman–Crippen MR) is 75.0 cm³/mol. The number of carbonyl (C=O) groups excluding carboxylic acids is 1. The normalized spacial score (nSPS) is 11.3. The first-order valence-corrected chi connectivity index (χ1v) is 7.67. The fraction of sp³-hybridized carbons (Fsp3) is 0.417. The molecule has 0 aliphatic carbocycles. The second-order valence-electron chi connectivity index (χ2n) is 4.24. The number of hydrogen-bond donors (Lipinski definition) is 3. The summed E-state index contributed by atoms with van der Waals surface area (Å²) in [5, 5.41) is 10.8. The molecule has 1 aromatic rings. The second kappa shape index (κ2) is 7.22. The van der Waals surface area contributed by atoms with Gasteiger partial charge in [0, 0.05) is 19.2 Å². The van der Waals surface area contributed by atoms with Gasteiger partial charge in [0.05, 0.1) is 5.75 Å². The SMILES string of the molecule is CC(=O)Nc1ccccc1CNCCCS(N)(=O)=O. The van der Waals surface area contributed by atoms with Crippen LogP contribution in [0.25, 0.3) is 0 Å². The molecule has 7 heteroatoms. The van der Waals surface area contributed by atoms with Crippen molar-refractivity contribution in [3.8, 4) is 0 Å². The lowest BCUT2D eigenvalue weighted by Gasteiger charge is -2.10. The van der Waals surface area contributed by atoms with Crippen LogP contribution < -0.4 is 15.8 Å². The molecule has 0 saturated heterocycles. The minimum atomic E-state index is -3.39. The molecule has 0 spiro atoms. The minimum absolute atomic E-state index is 0.0344. The lowest BCUT2D eigenvalue weighted by atomic mass is 10.1. The van der Waals surface area contributed by atoms with E-state index in [4.69, 9.17) is 5.14 Å². The number of rotatable bonds is 7. The lowest BCUT2D eigenvalue weighted by Crippen LogP contribution is -2.22. The van der Waals surface area contributed by atoms with E-state index in [1.54, 1.807) is 0 Å². The molecule has 1 aromatic carbocycles. The van der Waals surface area contributed by atoms with Crippen LogP contribution in [-0.4, -0.2) is 26.6 Å². The number of carbonyl (C=O) groups is 1. The van der Waals surface area contributed by atoms with E-state index in [9.17, 15) is 13.2 Å². The average Bonchev–Trinajstić information content (AvgIpc) is 2.28. The smallest absolute Gasteiger partial charge is 0.221 e. The Labute approximate surface area is 113 Å². The molecule has 1 amide bonds. The summed E-state index contributed by atoms with van der Waals surface area (Å²) < 4.78 is 21.5. The molecule has 4 N–H and O–H groups in total. The van der Waals surface area contributed by atoms with Crippen molar-refractivity contribution in [3.05, 3.63) is 29.8 Å². The van der Waals surface area contributed by atoms with Crippen molar-refractivity contribution in [1.29, 1.82) is 0 Å². The summed E-state index contributed by atoms with van der Waals surface area (Å²) in [5.74, 6) is -0.158. The van der Waals surface area contributed by atoms with Crippen LogP contribution >= 0.6 is 0 Å². The molecule has 0 bridgehead atoms. The van der Waals surface area contributed by atoms with Crippen LogP contribution in [0.2, 0.25) is 0 Å². The fourth-order valence-corrected chi connectivity index (χ4v) is 2.15. The molecule has 0 atom stereocenters. The summed E-state index contributed by atoms with van der Waals surface area (Å²) in [5.41, 5.74) is 1.71. The van der Waals surface area contributed by atoms with Crippen LogP contribution in [0.5, 0.6) is 0 Å². The van der Waals surface area contributed by atoms with Gasteiger partial charge in [-0.05, 0) is 24.6 Å². The zero-order valence-electron chi connectivity index (χ0n) is 10.8. The maximum atomic E-state index is 11.0. The van der Waals surface area contributed by atoms with Gasteiger partial charge in [0.15, 0.2) is 0 Å². The Morgan fingerprint density at radius 1 is 1.32 bits per heavy atom. The Balaban J connectivity index is 2.43. The van der Waals surface area contributed by atoms with Gasteiger partial charge in [-0.3, -0.25) is 4.79 Å². The van der Waals surface area contributed by atoms with Crippen molar-refractivity contribution < 1.29 is 13.2 Å². The molecule has 0 aliphatic rings. The summed E-state index contributed by atoms with van der Waals surface area (Å²) >= 11 is 0. The van der Waals surface area contributed by atoms with Crippen LogP contribution in [-0.2, 0) is 21.4 Å². The van der Waals surface area contributed by atoms with Crippen LogP contribution in [0, 0.1) is 0 Å². The predicted octanol–water partition coefficient (Wildman–Crippen LogP) is 0.413. The second-order valence-corrected chi connectivity index (χ2v) is 5.97. The summed E-state index contributed by atoms with van der Waals surface area (Å²) in [6, 6.07) is 7.45. The third-order valence-electron chi connectivity index (χ3n) is 2.43. The molecule has 0 saturated carbocycles. The van der Waals surface area contributed by atoms with Gasteiger partial charge in [-0.2, -0.15) is 0 Å². The minimum Gasteiger partial charge on any atom is -0.326 e. The summed E-state index contributed by atoms with van der Waals surface area (Å²) in [7, 11) is -3.39. The van der Waals surface area contributed by atoms with E-state index >= 15 is 0 Å². The number of benzene rings is 1. The molecular weight excluding hydrogens is 266 g/mol. The number of nitrogens with one attached hydrogen (secondary N) is 2. The van der Waals surface area contributed by atoms with Crippen LogP contribution in [0.1, 0.15) is 18.9 Å². The summed E-state index contributed by atoms with van der Waals surface area (Å²) in [6.45, 7) is 2.56. The Bertz CT molecular complexity index is 529. The molecule has 0 aromatic heterocycles. The highest BCUT2D eigenvalue weighted by Gasteiger charge is 2.04. The van der Waals surface area contributed by atoms with E-state index in [1.165, 1.54) is 6.92 Å². The van der Waals surface area contributed by atoms with Crippen molar-refractivity contribution in [1.82, 2.24) is 5.32 Å². The fourth-order valence-electron chi connectivity index (χ4n) is 1.61. The van der Waals surface area contributed by atoms with E-state index in [0.29, 0.717) is 19.5 Å². The van der Waals surface area contributed by atoms with Crippen molar-refractivity contribution in [2.45, 2.75) is 19.9 Å². The van der Waals surface area contributed by atoms with Crippen LogP contribution in [0.4, 0.5) is 5.69 Å². The van der Waals surface area contributed by atoms with Gasteiger partial charge in [-0.1, -0.05) is 18.2 Å². The van der Waals surface area contributed by atoms with Gasteiger partial charge in [-0.25, -0.2) is 13.6 Å². The third-order valence-corrected chi connectivity index (χ3v) is 3.28. The number of para-hydroxylation sites is 1. The Morgan fingerprint density at radius 2 is 2.00 bits per heavy atom. The summed E-state index contributed by atoms with van der Waals surface area (Å²) in [6.07, 6.45) is 0.459. The molecule has 0 aliphatic heterocycles. The van der Waals surface area contributed by atoms with Gasteiger partial charge in [0.25, 0.3) is 0 Å². The Kier molecular flexibility index (Phi) is 5.94.